The number of nitrogens with one attached hydrogen (secondary N) is 1. The number of benzene rings is 1. The van der Waals surface area contributed by atoms with Gasteiger partial charge in [-0.05, 0) is 43.9 Å². The summed E-state index contributed by atoms with van der Waals surface area (Å²) < 4.78 is 2.07. The third kappa shape index (κ3) is 4.32. The quantitative estimate of drug-likeness (QED) is 0.591. The summed E-state index contributed by atoms with van der Waals surface area (Å²) >= 11 is 13.8. The van der Waals surface area contributed by atoms with Gasteiger partial charge in [-0.15, -0.1) is 0 Å². The van der Waals surface area contributed by atoms with Gasteiger partial charge >= 0.3 is 0 Å². The van der Waals surface area contributed by atoms with E-state index in [0.717, 1.165) is 34.7 Å². The van der Waals surface area contributed by atoms with Crippen LogP contribution in [0.15, 0.2) is 34.6 Å². The standard InChI is InChI=1S/C18H20Cl2N6S/c1-10(11-2-3-11)22-4-5-26-17-15(16(21)23-9-24-17)25-18(26)27-14-7-12(19)6-13(20)8-14/h6-11,22H,2-5H2,1H3,(H2,21,23,24)/t10-/m1/s1. The molecule has 27 heavy (non-hydrogen) atoms. The van der Waals surface area contributed by atoms with Crippen molar-refractivity contribution in [1.29, 1.82) is 0 Å². The third-order valence-electron chi connectivity index (χ3n) is 4.70. The Balaban J connectivity index is 1.62. The number of nitrogens with two attached hydrogens (primary N) is 1. The number of imidazole rings is 1. The number of hydrogen-bond acceptors (Lipinski definition) is 6. The highest BCUT2D eigenvalue weighted by molar-refractivity contribution is 7.99. The third-order valence-corrected chi connectivity index (χ3v) is 6.10. The first-order valence-corrected chi connectivity index (χ1v) is 10.4. The van der Waals surface area contributed by atoms with Crippen LogP contribution in [0.3, 0.4) is 0 Å². The lowest BCUT2D eigenvalue weighted by Crippen LogP contribution is -2.31. The molecule has 4 rings (SSSR count). The first-order valence-electron chi connectivity index (χ1n) is 8.85. The zero-order chi connectivity index (χ0) is 19.0. The summed E-state index contributed by atoms with van der Waals surface area (Å²) in [5, 5.41) is 5.56. The number of hydrogen-bond donors (Lipinski definition) is 2. The fourth-order valence-electron chi connectivity index (χ4n) is 3.07. The molecule has 142 valence electrons. The minimum Gasteiger partial charge on any atom is -0.382 e. The molecule has 1 aliphatic carbocycles. The molecule has 3 N–H and O–H groups in total. The van der Waals surface area contributed by atoms with Gasteiger partial charge in [-0.2, -0.15) is 0 Å². The van der Waals surface area contributed by atoms with Crippen LogP contribution < -0.4 is 11.1 Å². The zero-order valence-electron chi connectivity index (χ0n) is 14.8. The van der Waals surface area contributed by atoms with Crippen molar-refractivity contribution in [3.8, 4) is 0 Å². The molecule has 1 atom stereocenters. The molecule has 0 saturated heterocycles. The van der Waals surface area contributed by atoms with Gasteiger partial charge in [0.05, 0.1) is 0 Å². The second kappa shape index (κ2) is 7.83. The molecule has 1 aliphatic rings. The smallest absolute Gasteiger partial charge is 0.175 e. The predicted molar refractivity (Wildman–Crippen MR) is 111 cm³/mol. The number of nitrogens with zero attached hydrogens (tertiary/aromatic N) is 4. The molecule has 0 spiro atoms. The zero-order valence-corrected chi connectivity index (χ0v) is 17.2. The molecule has 2 aromatic heterocycles. The van der Waals surface area contributed by atoms with Gasteiger partial charge in [0.25, 0.3) is 0 Å². The van der Waals surface area contributed by atoms with Crippen LogP contribution in [-0.4, -0.2) is 32.1 Å². The molecular weight excluding hydrogens is 403 g/mol. The van der Waals surface area contributed by atoms with Crippen molar-refractivity contribution in [3.05, 3.63) is 34.6 Å². The number of anilines is 1. The molecule has 0 unspecified atom stereocenters. The van der Waals surface area contributed by atoms with Crippen LogP contribution >= 0.6 is 35.0 Å². The van der Waals surface area contributed by atoms with E-state index in [1.807, 2.05) is 12.1 Å². The highest BCUT2D eigenvalue weighted by Gasteiger charge is 2.27. The summed E-state index contributed by atoms with van der Waals surface area (Å²) in [7, 11) is 0. The van der Waals surface area contributed by atoms with Crippen LogP contribution in [0.4, 0.5) is 5.82 Å². The summed E-state index contributed by atoms with van der Waals surface area (Å²) in [4.78, 5) is 14.0. The second-order valence-electron chi connectivity index (χ2n) is 6.76. The molecule has 0 aliphatic heterocycles. The maximum absolute atomic E-state index is 6.14. The minimum atomic E-state index is 0.379. The number of nitrogen functional groups attached to an aromatic ring is 1. The molecule has 2 heterocycles. The fraction of sp³-hybridized carbons (Fsp3) is 0.389. The van der Waals surface area contributed by atoms with Crippen molar-refractivity contribution in [3.63, 3.8) is 0 Å². The Morgan fingerprint density at radius 1 is 1.26 bits per heavy atom. The Hall–Kier alpha value is -1.54. The molecule has 3 aromatic rings. The van der Waals surface area contributed by atoms with E-state index >= 15 is 0 Å². The Bertz CT molecular complexity index is 952. The largest absolute Gasteiger partial charge is 0.382 e. The SMILES string of the molecule is C[C@@H](NCCn1c(Sc2cc(Cl)cc(Cl)c2)nc2c(N)ncnc21)C1CC1. The highest BCUT2D eigenvalue weighted by atomic mass is 35.5. The fourth-order valence-corrected chi connectivity index (χ4v) is 4.74. The van der Waals surface area contributed by atoms with Crippen LogP contribution in [0, 0.1) is 5.92 Å². The van der Waals surface area contributed by atoms with Crippen molar-refractivity contribution < 1.29 is 0 Å². The van der Waals surface area contributed by atoms with Crippen molar-refractivity contribution in [2.45, 2.75) is 42.4 Å². The van der Waals surface area contributed by atoms with Gasteiger partial charge in [-0.3, -0.25) is 0 Å². The molecular formula is C18H20Cl2N6S. The molecule has 1 aromatic carbocycles. The van der Waals surface area contributed by atoms with E-state index in [1.165, 1.54) is 30.9 Å². The summed E-state index contributed by atoms with van der Waals surface area (Å²) in [5.74, 6) is 1.19. The van der Waals surface area contributed by atoms with Crippen LogP contribution in [0.5, 0.6) is 0 Å². The monoisotopic (exact) mass is 422 g/mol. The van der Waals surface area contributed by atoms with Gasteiger partial charge in [-0.1, -0.05) is 35.0 Å². The van der Waals surface area contributed by atoms with Gasteiger partial charge < -0.3 is 15.6 Å². The Morgan fingerprint density at radius 3 is 2.70 bits per heavy atom. The second-order valence-corrected chi connectivity index (χ2v) is 8.68. The number of halogens is 2. The Morgan fingerprint density at radius 2 is 2.00 bits per heavy atom. The molecule has 1 saturated carbocycles. The Labute approximate surface area is 171 Å². The lowest BCUT2D eigenvalue weighted by atomic mass is 10.2. The Kier molecular flexibility index (Phi) is 5.45. The van der Waals surface area contributed by atoms with Crippen molar-refractivity contribution >= 4 is 51.9 Å². The number of aromatic nitrogens is 4. The average molecular weight is 423 g/mol. The van der Waals surface area contributed by atoms with E-state index < -0.39 is 0 Å². The average Bonchev–Trinajstić information content (AvgIpc) is 3.39. The molecule has 0 amide bonds. The summed E-state index contributed by atoms with van der Waals surface area (Å²) in [6, 6.07) is 5.97. The first kappa shape index (κ1) is 18.8. The van der Waals surface area contributed by atoms with E-state index in [1.54, 1.807) is 6.07 Å². The van der Waals surface area contributed by atoms with Crippen LogP contribution in [0.1, 0.15) is 19.8 Å². The molecule has 0 bridgehead atoms. The topological polar surface area (TPSA) is 81.7 Å². The van der Waals surface area contributed by atoms with Gasteiger partial charge in [-0.25, -0.2) is 15.0 Å². The van der Waals surface area contributed by atoms with E-state index in [0.29, 0.717) is 27.4 Å². The first-order chi connectivity index (χ1) is 13.0. The number of fused-ring (bicyclic) bond motifs is 1. The van der Waals surface area contributed by atoms with E-state index in [2.05, 4.69) is 31.8 Å². The van der Waals surface area contributed by atoms with Crippen molar-refractivity contribution in [1.82, 2.24) is 24.8 Å². The van der Waals surface area contributed by atoms with Gasteiger partial charge in [0.2, 0.25) is 0 Å². The summed E-state index contributed by atoms with van der Waals surface area (Å²) in [6.07, 6.45) is 4.12. The molecule has 9 heteroatoms. The van der Waals surface area contributed by atoms with Gasteiger partial charge in [0.1, 0.15) is 6.33 Å². The molecule has 6 nitrogen and oxygen atoms in total. The van der Waals surface area contributed by atoms with Crippen LogP contribution in [-0.2, 0) is 6.54 Å². The normalized spacial score (nSPS) is 15.4. The highest BCUT2D eigenvalue weighted by Crippen LogP contribution is 2.34. The van der Waals surface area contributed by atoms with Crippen LogP contribution in [0.2, 0.25) is 10.0 Å². The van der Waals surface area contributed by atoms with Gasteiger partial charge in [0, 0.05) is 34.1 Å². The van der Waals surface area contributed by atoms with E-state index in [4.69, 9.17) is 28.9 Å². The van der Waals surface area contributed by atoms with Crippen molar-refractivity contribution in [2.24, 2.45) is 5.92 Å². The lowest BCUT2D eigenvalue weighted by molar-refractivity contribution is 0.469. The van der Waals surface area contributed by atoms with Gasteiger partial charge in [0.15, 0.2) is 22.1 Å². The van der Waals surface area contributed by atoms with E-state index in [9.17, 15) is 0 Å². The maximum atomic E-state index is 6.14. The minimum absolute atomic E-state index is 0.379. The number of rotatable bonds is 7. The summed E-state index contributed by atoms with van der Waals surface area (Å²) in [6.45, 7) is 3.81. The summed E-state index contributed by atoms with van der Waals surface area (Å²) in [5.41, 5.74) is 7.36. The predicted octanol–water partition coefficient (Wildman–Crippen LogP) is 4.25. The molecule has 1 fully saturated rings. The van der Waals surface area contributed by atoms with Crippen LogP contribution in [0.25, 0.3) is 11.2 Å². The van der Waals surface area contributed by atoms with Crippen molar-refractivity contribution in [2.75, 3.05) is 12.3 Å². The maximum Gasteiger partial charge on any atom is 0.175 e. The molecule has 0 radical (unpaired) electrons. The lowest BCUT2D eigenvalue weighted by Gasteiger charge is -2.14. The van der Waals surface area contributed by atoms with E-state index in [-0.39, 0.29) is 0 Å².